The van der Waals surface area contributed by atoms with Crippen LogP contribution in [0.2, 0.25) is 0 Å². The van der Waals surface area contributed by atoms with Crippen LogP contribution < -0.4 is 10.1 Å². The molecule has 0 aliphatic carbocycles. The number of halogens is 2. The van der Waals surface area contributed by atoms with E-state index in [-0.39, 0.29) is 11.9 Å². The smallest absolute Gasteiger partial charge is 0.167 e. The van der Waals surface area contributed by atoms with Crippen LogP contribution >= 0.6 is 0 Å². The molecule has 1 fully saturated rings. The second-order valence-corrected chi connectivity index (χ2v) is 3.46. The normalized spacial score (nSPS) is 21.3. The Bertz CT molecular complexity index is 337. The van der Waals surface area contributed by atoms with E-state index in [2.05, 4.69) is 5.32 Å². The molecule has 1 radical (unpaired) electrons. The van der Waals surface area contributed by atoms with Crippen LogP contribution in [0.1, 0.15) is 6.42 Å². The number of benzene rings is 1. The number of hydrogen-bond donors (Lipinski definition) is 1. The van der Waals surface area contributed by atoms with Crippen molar-refractivity contribution in [2.45, 2.75) is 12.5 Å². The van der Waals surface area contributed by atoms with E-state index in [1.807, 2.05) is 6.42 Å². The first-order valence-corrected chi connectivity index (χ1v) is 4.91. The van der Waals surface area contributed by atoms with E-state index in [0.29, 0.717) is 6.54 Å². The third kappa shape index (κ3) is 2.65. The van der Waals surface area contributed by atoms with E-state index in [9.17, 15) is 8.78 Å². The molecule has 0 saturated carbocycles. The summed E-state index contributed by atoms with van der Waals surface area (Å²) in [7, 11) is 0. The summed E-state index contributed by atoms with van der Waals surface area (Å²) in [5, 5.41) is 3.13. The third-order valence-corrected chi connectivity index (χ3v) is 2.27. The lowest BCUT2D eigenvalue weighted by atomic mass is 10.1. The zero-order valence-corrected chi connectivity index (χ0v) is 8.17. The summed E-state index contributed by atoms with van der Waals surface area (Å²) in [4.78, 5) is 0. The molecule has 4 heteroatoms. The van der Waals surface area contributed by atoms with Crippen molar-refractivity contribution in [2.75, 3.05) is 13.1 Å². The van der Waals surface area contributed by atoms with Gasteiger partial charge < -0.3 is 10.1 Å². The molecule has 2 rings (SSSR count). The molecule has 1 aromatic carbocycles. The molecule has 1 atom stereocenters. The van der Waals surface area contributed by atoms with Crippen molar-refractivity contribution >= 4 is 0 Å². The molecule has 1 saturated heterocycles. The molecule has 1 aliphatic heterocycles. The van der Waals surface area contributed by atoms with Crippen LogP contribution in [0, 0.1) is 18.1 Å². The summed E-state index contributed by atoms with van der Waals surface area (Å²) in [6.45, 7) is 1.59. The number of piperidine rings is 1. The second-order valence-electron chi connectivity index (χ2n) is 3.46. The SMILES string of the molecule is Fc1ccc(OC2[CH]CCNC2)c(F)c1. The summed E-state index contributed by atoms with van der Waals surface area (Å²) in [6.07, 6.45) is 2.74. The van der Waals surface area contributed by atoms with Gasteiger partial charge >= 0.3 is 0 Å². The maximum atomic E-state index is 13.2. The van der Waals surface area contributed by atoms with Crippen molar-refractivity contribution in [1.82, 2.24) is 5.32 Å². The van der Waals surface area contributed by atoms with Crippen molar-refractivity contribution < 1.29 is 13.5 Å². The van der Waals surface area contributed by atoms with E-state index in [0.717, 1.165) is 19.0 Å². The molecule has 81 valence electrons. The van der Waals surface area contributed by atoms with E-state index in [1.54, 1.807) is 0 Å². The minimum Gasteiger partial charge on any atom is -0.486 e. The average Bonchev–Trinajstić information content (AvgIpc) is 2.24. The molecule has 1 unspecified atom stereocenters. The number of nitrogens with one attached hydrogen (secondary N) is 1. The summed E-state index contributed by atoms with van der Waals surface area (Å²) in [6, 6.07) is 3.33. The number of hydrogen-bond acceptors (Lipinski definition) is 2. The predicted octanol–water partition coefficient (Wildman–Crippen LogP) is 1.91. The predicted molar refractivity (Wildman–Crippen MR) is 52.6 cm³/mol. The minimum atomic E-state index is -0.658. The summed E-state index contributed by atoms with van der Waals surface area (Å²) in [5.41, 5.74) is 0. The van der Waals surface area contributed by atoms with Gasteiger partial charge in [0.1, 0.15) is 11.9 Å². The third-order valence-electron chi connectivity index (χ3n) is 2.27. The van der Waals surface area contributed by atoms with Gasteiger partial charge in [0.05, 0.1) is 0 Å². The topological polar surface area (TPSA) is 21.3 Å². The Morgan fingerprint density at radius 1 is 1.33 bits per heavy atom. The first kappa shape index (κ1) is 10.4. The lowest BCUT2D eigenvalue weighted by molar-refractivity contribution is 0.202. The summed E-state index contributed by atoms with van der Waals surface area (Å²) < 4.78 is 31.2. The van der Waals surface area contributed by atoms with Crippen molar-refractivity contribution in [2.24, 2.45) is 0 Å². The molecule has 1 aromatic rings. The molecular weight excluding hydrogens is 200 g/mol. The van der Waals surface area contributed by atoms with Gasteiger partial charge in [-0.1, -0.05) is 0 Å². The Balaban J connectivity index is 2.03. The summed E-state index contributed by atoms with van der Waals surface area (Å²) >= 11 is 0. The molecule has 0 amide bonds. The Labute approximate surface area is 87.2 Å². The Hall–Kier alpha value is -1.16. The monoisotopic (exact) mass is 212 g/mol. The van der Waals surface area contributed by atoms with Crippen molar-refractivity contribution in [3.05, 3.63) is 36.3 Å². The first-order valence-electron chi connectivity index (χ1n) is 4.91. The summed E-state index contributed by atoms with van der Waals surface area (Å²) in [5.74, 6) is -1.15. The quantitative estimate of drug-likeness (QED) is 0.808. The Kier molecular flexibility index (Phi) is 3.16. The highest BCUT2D eigenvalue weighted by molar-refractivity contribution is 5.25. The molecular formula is C11H12F2NO. The molecule has 0 bridgehead atoms. The van der Waals surface area contributed by atoms with Crippen LogP contribution in [0.25, 0.3) is 0 Å². The zero-order chi connectivity index (χ0) is 10.7. The van der Waals surface area contributed by atoms with Gasteiger partial charge in [-0.3, -0.25) is 0 Å². The van der Waals surface area contributed by atoms with Crippen LogP contribution in [0.3, 0.4) is 0 Å². The van der Waals surface area contributed by atoms with E-state index in [1.165, 1.54) is 12.1 Å². The lowest BCUT2D eigenvalue weighted by Crippen LogP contribution is -2.37. The second kappa shape index (κ2) is 4.57. The molecule has 1 heterocycles. The van der Waals surface area contributed by atoms with Gasteiger partial charge in [0.25, 0.3) is 0 Å². The molecule has 1 aliphatic rings. The van der Waals surface area contributed by atoms with Crippen LogP contribution in [-0.2, 0) is 0 Å². The minimum absolute atomic E-state index is 0.0985. The largest absolute Gasteiger partial charge is 0.486 e. The maximum absolute atomic E-state index is 13.2. The van der Waals surface area contributed by atoms with Gasteiger partial charge in [0.15, 0.2) is 11.6 Å². The highest BCUT2D eigenvalue weighted by Crippen LogP contribution is 2.20. The average molecular weight is 212 g/mol. The molecule has 0 aromatic heterocycles. The van der Waals surface area contributed by atoms with E-state index < -0.39 is 11.6 Å². The molecule has 15 heavy (non-hydrogen) atoms. The van der Waals surface area contributed by atoms with Crippen molar-refractivity contribution in [1.29, 1.82) is 0 Å². The fourth-order valence-electron chi connectivity index (χ4n) is 1.52. The standard InChI is InChI=1S/C11H12F2NO/c12-8-3-4-11(10(13)6-8)15-9-2-1-5-14-7-9/h2-4,6,9,14H,1,5,7H2. The van der Waals surface area contributed by atoms with E-state index in [4.69, 9.17) is 4.74 Å². The Morgan fingerprint density at radius 3 is 2.87 bits per heavy atom. The van der Waals surface area contributed by atoms with Gasteiger partial charge in [0.2, 0.25) is 0 Å². The van der Waals surface area contributed by atoms with Crippen LogP contribution in [-0.4, -0.2) is 19.2 Å². The van der Waals surface area contributed by atoms with Crippen LogP contribution in [0.5, 0.6) is 5.75 Å². The van der Waals surface area contributed by atoms with Gasteiger partial charge in [-0.25, -0.2) is 8.78 Å². The van der Waals surface area contributed by atoms with Crippen LogP contribution in [0.4, 0.5) is 8.78 Å². The fraction of sp³-hybridized carbons (Fsp3) is 0.364. The maximum Gasteiger partial charge on any atom is 0.167 e. The number of rotatable bonds is 2. The molecule has 0 spiro atoms. The van der Waals surface area contributed by atoms with Crippen molar-refractivity contribution in [3.63, 3.8) is 0 Å². The zero-order valence-electron chi connectivity index (χ0n) is 8.17. The Morgan fingerprint density at radius 2 is 2.20 bits per heavy atom. The van der Waals surface area contributed by atoms with Gasteiger partial charge in [-0.2, -0.15) is 0 Å². The number of ether oxygens (including phenoxy) is 1. The van der Waals surface area contributed by atoms with Crippen molar-refractivity contribution in [3.8, 4) is 5.75 Å². The highest BCUT2D eigenvalue weighted by Gasteiger charge is 2.16. The van der Waals surface area contributed by atoms with E-state index >= 15 is 0 Å². The first-order chi connectivity index (χ1) is 7.25. The van der Waals surface area contributed by atoms with Gasteiger partial charge in [-0.15, -0.1) is 0 Å². The lowest BCUT2D eigenvalue weighted by Gasteiger charge is -2.23. The van der Waals surface area contributed by atoms with Gasteiger partial charge in [0, 0.05) is 19.0 Å². The van der Waals surface area contributed by atoms with Crippen LogP contribution in [0.15, 0.2) is 18.2 Å². The fourth-order valence-corrected chi connectivity index (χ4v) is 1.52. The molecule has 1 N–H and O–H groups in total. The molecule has 2 nitrogen and oxygen atoms in total. The van der Waals surface area contributed by atoms with Gasteiger partial charge in [-0.05, 0) is 25.1 Å². The highest BCUT2D eigenvalue weighted by atomic mass is 19.1.